The van der Waals surface area contributed by atoms with E-state index in [9.17, 15) is 5.11 Å². The second kappa shape index (κ2) is 10.1. The number of aliphatic hydroxyl groups is 1. The summed E-state index contributed by atoms with van der Waals surface area (Å²) in [6.07, 6.45) is 2.96. The van der Waals surface area contributed by atoms with Crippen LogP contribution >= 0.6 is 0 Å². The molecule has 26 heavy (non-hydrogen) atoms. The van der Waals surface area contributed by atoms with Crippen LogP contribution in [0.15, 0.2) is 18.2 Å². The van der Waals surface area contributed by atoms with E-state index in [0.717, 1.165) is 83.2 Å². The third-order valence-electron chi connectivity index (χ3n) is 5.13. The van der Waals surface area contributed by atoms with Crippen molar-refractivity contribution in [1.82, 2.24) is 9.80 Å². The first kappa shape index (κ1) is 19.4. The number of ether oxygens (including phenoxy) is 3. The number of hydrogen-bond donors (Lipinski definition) is 1. The van der Waals surface area contributed by atoms with E-state index in [4.69, 9.17) is 14.2 Å². The van der Waals surface area contributed by atoms with E-state index in [1.54, 1.807) is 7.11 Å². The molecule has 146 valence electrons. The minimum atomic E-state index is -0.206. The van der Waals surface area contributed by atoms with Gasteiger partial charge in [0.2, 0.25) is 0 Å². The average Bonchev–Trinajstić information content (AvgIpc) is 2.87. The zero-order valence-corrected chi connectivity index (χ0v) is 15.9. The van der Waals surface area contributed by atoms with Gasteiger partial charge in [-0.25, -0.2) is 0 Å². The summed E-state index contributed by atoms with van der Waals surface area (Å²) in [4.78, 5) is 4.68. The van der Waals surface area contributed by atoms with Crippen molar-refractivity contribution in [2.75, 3.05) is 59.7 Å². The Morgan fingerprint density at radius 2 is 1.96 bits per heavy atom. The predicted octanol–water partition coefficient (Wildman–Crippen LogP) is 1.75. The van der Waals surface area contributed by atoms with Gasteiger partial charge in [0, 0.05) is 32.7 Å². The monoisotopic (exact) mass is 364 g/mol. The summed E-state index contributed by atoms with van der Waals surface area (Å²) in [7, 11) is 1.68. The molecule has 0 aromatic heterocycles. The van der Waals surface area contributed by atoms with E-state index >= 15 is 0 Å². The Morgan fingerprint density at radius 3 is 2.77 bits per heavy atom. The van der Waals surface area contributed by atoms with Crippen molar-refractivity contribution in [2.45, 2.75) is 31.9 Å². The molecule has 6 nitrogen and oxygen atoms in total. The van der Waals surface area contributed by atoms with E-state index in [1.807, 2.05) is 6.07 Å². The quantitative estimate of drug-likeness (QED) is 0.796. The van der Waals surface area contributed by atoms with Gasteiger partial charge in [0.05, 0.1) is 26.4 Å². The maximum atomic E-state index is 9.99. The van der Waals surface area contributed by atoms with Crippen LogP contribution in [0.1, 0.15) is 24.8 Å². The SMILES string of the molecule is COc1cc(CN2CCCCC(O)C2)ccc1OCCN1CCOCC1. The van der Waals surface area contributed by atoms with Gasteiger partial charge >= 0.3 is 0 Å². The van der Waals surface area contributed by atoms with Gasteiger partial charge < -0.3 is 19.3 Å². The molecule has 0 spiro atoms. The molecular formula is C20H32N2O4. The second-order valence-electron chi connectivity index (χ2n) is 7.17. The van der Waals surface area contributed by atoms with Gasteiger partial charge in [0.25, 0.3) is 0 Å². The van der Waals surface area contributed by atoms with Crippen LogP contribution in [0.3, 0.4) is 0 Å². The highest BCUT2D eigenvalue weighted by Crippen LogP contribution is 2.29. The minimum absolute atomic E-state index is 0.206. The van der Waals surface area contributed by atoms with Crippen LogP contribution in [0.5, 0.6) is 11.5 Å². The summed E-state index contributed by atoms with van der Waals surface area (Å²) in [5.41, 5.74) is 1.19. The van der Waals surface area contributed by atoms with Crippen LogP contribution in [0.25, 0.3) is 0 Å². The number of hydrogen-bond acceptors (Lipinski definition) is 6. The molecule has 1 aromatic rings. The third-order valence-corrected chi connectivity index (χ3v) is 5.13. The van der Waals surface area contributed by atoms with Gasteiger partial charge in [-0.05, 0) is 43.5 Å². The third kappa shape index (κ3) is 5.84. The largest absolute Gasteiger partial charge is 0.493 e. The molecule has 0 amide bonds. The lowest BCUT2D eigenvalue weighted by molar-refractivity contribution is 0.0321. The topological polar surface area (TPSA) is 54.4 Å². The van der Waals surface area contributed by atoms with Gasteiger partial charge in [0.1, 0.15) is 6.61 Å². The number of morpholine rings is 1. The van der Waals surface area contributed by atoms with Gasteiger partial charge in [-0.1, -0.05) is 6.07 Å². The zero-order valence-electron chi connectivity index (χ0n) is 15.9. The molecule has 0 aliphatic carbocycles. The molecule has 1 atom stereocenters. The summed E-state index contributed by atoms with van der Waals surface area (Å²) < 4.78 is 16.9. The van der Waals surface area contributed by atoms with Gasteiger partial charge in [-0.15, -0.1) is 0 Å². The molecule has 0 radical (unpaired) electrons. The van der Waals surface area contributed by atoms with Crippen LogP contribution < -0.4 is 9.47 Å². The number of rotatable bonds is 7. The highest BCUT2D eigenvalue weighted by atomic mass is 16.5. The number of likely N-dealkylation sites (tertiary alicyclic amines) is 1. The number of methoxy groups -OCH3 is 1. The fourth-order valence-electron chi connectivity index (χ4n) is 3.64. The number of nitrogens with zero attached hydrogens (tertiary/aromatic N) is 2. The van der Waals surface area contributed by atoms with E-state index in [1.165, 1.54) is 5.56 Å². The summed E-state index contributed by atoms with van der Waals surface area (Å²) in [5, 5.41) is 9.99. The van der Waals surface area contributed by atoms with E-state index in [2.05, 4.69) is 21.9 Å². The highest BCUT2D eigenvalue weighted by Gasteiger charge is 2.17. The Morgan fingerprint density at radius 1 is 1.12 bits per heavy atom. The van der Waals surface area contributed by atoms with Crippen molar-refractivity contribution in [2.24, 2.45) is 0 Å². The highest BCUT2D eigenvalue weighted by molar-refractivity contribution is 5.43. The summed E-state index contributed by atoms with van der Waals surface area (Å²) in [6, 6.07) is 6.16. The second-order valence-corrected chi connectivity index (χ2v) is 7.17. The van der Waals surface area contributed by atoms with Crippen molar-refractivity contribution >= 4 is 0 Å². The zero-order chi connectivity index (χ0) is 18.2. The van der Waals surface area contributed by atoms with E-state index in [0.29, 0.717) is 6.61 Å². The van der Waals surface area contributed by atoms with Crippen molar-refractivity contribution < 1.29 is 19.3 Å². The summed E-state index contributed by atoms with van der Waals surface area (Å²) in [6.45, 7) is 7.74. The molecule has 1 N–H and O–H groups in total. The normalized spacial score (nSPS) is 22.8. The molecule has 3 rings (SSSR count). The molecule has 0 saturated carbocycles. The Bertz CT molecular complexity index is 549. The molecule has 1 aromatic carbocycles. The summed E-state index contributed by atoms with van der Waals surface area (Å²) >= 11 is 0. The predicted molar refractivity (Wildman–Crippen MR) is 101 cm³/mol. The maximum Gasteiger partial charge on any atom is 0.161 e. The van der Waals surface area contributed by atoms with Crippen LogP contribution in [0.2, 0.25) is 0 Å². The van der Waals surface area contributed by atoms with Crippen molar-refractivity contribution in [1.29, 1.82) is 0 Å². The molecule has 2 fully saturated rings. The number of aliphatic hydroxyl groups excluding tert-OH is 1. The molecule has 2 aliphatic heterocycles. The number of β-amino-alcohol motifs (C(OH)–C–C–N with tert-alkyl or cyclic N) is 1. The molecule has 6 heteroatoms. The van der Waals surface area contributed by atoms with Crippen molar-refractivity contribution in [3.8, 4) is 11.5 Å². The van der Waals surface area contributed by atoms with E-state index in [-0.39, 0.29) is 6.10 Å². The molecular weight excluding hydrogens is 332 g/mol. The minimum Gasteiger partial charge on any atom is -0.493 e. The Labute approximate surface area is 156 Å². The first-order valence-corrected chi connectivity index (χ1v) is 9.75. The lowest BCUT2D eigenvalue weighted by Gasteiger charge is -2.26. The van der Waals surface area contributed by atoms with Crippen LogP contribution in [-0.4, -0.2) is 80.7 Å². The number of benzene rings is 1. The molecule has 2 saturated heterocycles. The lowest BCUT2D eigenvalue weighted by Crippen LogP contribution is -2.38. The first-order valence-electron chi connectivity index (χ1n) is 9.75. The molecule has 2 heterocycles. The smallest absolute Gasteiger partial charge is 0.161 e. The standard InChI is InChI=1S/C20H32N2O4/c1-24-20-14-17(15-22-7-3-2-4-18(23)16-22)5-6-19(20)26-13-10-21-8-11-25-12-9-21/h5-6,14,18,23H,2-4,7-13,15-16H2,1H3. The molecule has 1 unspecified atom stereocenters. The van der Waals surface area contributed by atoms with Gasteiger partial charge in [0.15, 0.2) is 11.5 Å². The van der Waals surface area contributed by atoms with Crippen molar-refractivity contribution in [3.63, 3.8) is 0 Å². The van der Waals surface area contributed by atoms with Crippen LogP contribution in [0, 0.1) is 0 Å². The van der Waals surface area contributed by atoms with Gasteiger partial charge in [-0.3, -0.25) is 9.80 Å². The Hall–Kier alpha value is -1.34. The average molecular weight is 364 g/mol. The Kier molecular flexibility index (Phi) is 7.55. The Balaban J connectivity index is 1.53. The summed E-state index contributed by atoms with van der Waals surface area (Å²) in [5.74, 6) is 1.57. The lowest BCUT2D eigenvalue weighted by atomic mass is 10.1. The fourth-order valence-corrected chi connectivity index (χ4v) is 3.64. The first-order chi connectivity index (χ1) is 12.7. The molecule has 0 bridgehead atoms. The van der Waals surface area contributed by atoms with Crippen LogP contribution in [-0.2, 0) is 11.3 Å². The van der Waals surface area contributed by atoms with Crippen molar-refractivity contribution in [3.05, 3.63) is 23.8 Å². The maximum absolute atomic E-state index is 9.99. The molecule has 2 aliphatic rings. The van der Waals surface area contributed by atoms with E-state index < -0.39 is 0 Å². The van der Waals surface area contributed by atoms with Crippen LogP contribution in [0.4, 0.5) is 0 Å². The fraction of sp³-hybridized carbons (Fsp3) is 0.700. The van der Waals surface area contributed by atoms with Gasteiger partial charge in [-0.2, -0.15) is 0 Å².